The minimum atomic E-state index is -0.632. The molecule has 7 unspecified atom stereocenters. The maximum absolute atomic E-state index is 10.7. The standard InChI is InChI=1S/C17H24O2/c1-17(6-2-3-14(18)19)9-12-8-13(17)16-11-5-4-10(7-11)15(12)16/h4-5,10-13,15-16H,2-3,6-9H2,1H3,(H,18,19). The van der Waals surface area contributed by atoms with Crippen LogP contribution in [0.25, 0.3) is 0 Å². The summed E-state index contributed by atoms with van der Waals surface area (Å²) >= 11 is 0. The van der Waals surface area contributed by atoms with E-state index in [1.165, 1.54) is 19.3 Å². The Balaban J connectivity index is 1.49. The average Bonchev–Trinajstić information content (AvgIpc) is 3.03. The van der Waals surface area contributed by atoms with E-state index in [-0.39, 0.29) is 0 Å². The Labute approximate surface area is 115 Å². The van der Waals surface area contributed by atoms with Crippen molar-refractivity contribution in [2.24, 2.45) is 40.9 Å². The average molecular weight is 260 g/mol. The summed E-state index contributed by atoms with van der Waals surface area (Å²) in [7, 11) is 0. The number of fused-ring (bicyclic) bond motifs is 9. The molecule has 2 nitrogen and oxygen atoms in total. The second-order valence-corrected chi connectivity index (χ2v) is 7.81. The first-order valence-electron chi connectivity index (χ1n) is 7.98. The van der Waals surface area contributed by atoms with E-state index in [0.717, 1.165) is 48.3 Å². The Hall–Kier alpha value is -0.790. The van der Waals surface area contributed by atoms with E-state index in [1.54, 1.807) is 0 Å². The molecule has 3 fully saturated rings. The number of carboxylic acids is 1. The number of aliphatic carboxylic acids is 1. The van der Waals surface area contributed by atoms with Crippen molar-refractivity contribution in [2.45, 2.75) is 45.4 Å². The van der Waals surface area contributed by atoms with Crippen molar-refractivity contribution in [1.29, 1.82) is 0 Å². The molecule has 0 amide bonds. The Kier molecular flexibility index (Phi) is 2.44. The molecule has 104 valence electrons. The predicted octanol–water partition coefficient (Wildman–Crippen LogP) is 3.73. The van der Waals surface area contributed by atoms with Crippen LogP contribution in [0.15, 0.2) is 12.2 Å². The summed E-state index contributed by atoms with van der Waals surface area (Å²) in [4.78, 5) is 10.7. The lowest BCUT2D eigenvalue weighted by Gasteiger charge is -2.43. The van der Waals surface area contributed by atoms with Crippen molar-refractivity contribution in [3.05, 3.63) is 12.2 Å². The van der Waals surface area contributed by atoms with E-state index < -0.39 is 5.97 Å². The minimum Gasteiger partial charge on any atom is -0.481 e. The maximum Gasteiger partial charge on any atom is 0.303 e. The Bertz CT molecular complexity index is 441. The molecule has 7 atom stereocenters. The van der Waals surface area contributed by atoms with Gasteiger partial charge in [-0.25, -0.2) is 0 Å². The first-order valence-corrected chi connectivity index (χ1v) is 7.98. The molecule has 1 N–H and O–H groups in total. The van der Waals surface area contributed by atoms with Crippen LogP contribution in [0.5, 0.6) is 0 Å². The van der Waals surface area contributed by atoms with Crippen LogP contribution in [-0.2, 0) is 4.79 Å². The molecular weight excluding hydrogens is 236 g/mol. The van der Waals surface area contributed by atoms with Gasteiger partial charge in [0.2, 0.25) is 0 Å². The highest BCUT2D eigenvalue weighted by Crippen LogP contribution is 2.71. The molecule has 19 heavy (non-hydrogen) atoms. The molecule has 0 heterocycles. The zero-order valence-electron chi connectivity index (χ0n) is 11.7. The van der Waals surface area contributed by atoms with Crippen LogP contribution in [0, 0.1) is 40.9 Å². The lowest BCUT2D eigenvalue weighted by Crippen LogP contribution is -2.37. The third kappa shape index (κ3) is 1.58. The molecule has 0 radical (unpaired) electrons. The zero-order valence-corrected chi connectivity index (χ0v) is 11.7. The first kappa shape index (κ1) is 12.0. The highest BCUT2D eigenvalue weighted by Gasteiger charge is 2.63. The number of allylic oxidation sites excluding steroid dienone is 2. The predicted molar refractivity (Wildman–Crippen MR) is 73.5 cm³/mol. The topological polar surface area (TPSA) is 37.3 Å². The number of rotatable bonds is 4. The Morgan fingerprint density at radius 2 is 2.00 bits per heavy atom. The lowest BCUT2D eigenvalue weighted by molar-refractivity contribution is -0.137. The molecule has 0 aromatic heterocycles. The maximum atomic E-state index is 10.7. The van der Waals surface area contributed by atoms with Crippen LogP contribution in [0.3, 0.4) is 0 Å². The van der Waals surface area contributed by atoms with Gasteiger partial charge in [0, 0.05) is 6.42 Å². The molecule has 0 saturated heterocycles. The van der Waals surface area contributed by atoms with Gasteiger partial charge < -0.3 is 5.11 Å². The van der Waals surface area contributed by atoms with E-state index in [4.69, 9.17) is 5.11 Å². The molecule has 4 aliphatic carbocycles. The fourth-order valence-electron chi connectivity index (χ4n) is 6.42. The van der Waals surface area contributed by atoms with Gasteiger partial charge in [-0.2, -0.15) is 0 Å². The molecule has 4 aliphatic rings. The van der Waals surface area contributed by atoms with Crippen molar-refractivity contribution in [3.63, 3.8) is 0 Å². The summed E-state index contributed by atoms with van der Waals surface area (Å²) in [5.41, 5.74) is 0.444. The molecule has 3 saturated carbocycles. The van der Waals surface area contributed by atoms with Gasteiger partial charge in [-0.3, -0.25) is 4.79 Å². The quantitative estimate of drug-likeness (QED) is 0.618. The smallest absolute Gasteiger partial charge is 0.303 e. The summed E-state index contributed by atoms with van der Waals surface area (Å²) < 4.78 is 0. The lowest BCUT2D eigenvalue weighted by atomic mass is 9.61. The molecule has 0 aliphatic heterocycles. The molecule has 4 rings (SSSR count). The van der Waals surface area contributed by atoms with Crippen molar-refractivity contribution in [3.8, 4) is 0 Å². The van der Waals surface area contributed by atoms with Gasteiger partial charge in [0.05, 0.1) is 0 Å². The monoisotopic (exact) mass is 260 g/mol. The van der Waals surface area contributed by atoms with Crippen LogP contribution in [0.4, 0.5) is 0 Å². The van der Waals surface area contributed by atoms with Crippen LogP contribution < -0.4 is 0 Å². The van der Waals surface area contributed by atoms with Gasteiger partial charge in [-0.05, 0) is 73.0 Å². The van der Waals surface area contributed by atoms with Gasteiger partial charge in [0.15, 0.2) is 0 Å². The van der Waals surface area contributed by atoms with Gasteiger partial charge >= 0.3 is 5.97 Å². The van der Waals surface area contributed by atoms with Crippen LogP contribution in [0.1, 0.15) is 45.4 Å². The van der Waals surface area contributed by atoms with Gasteiger partial charge in [0.1, 0.15) is 0 Å². The van der Waals surface area contributed by atoms with E-state index in [9.17, 15) is 4.79 Å². The minimum absolute atomic E-state index is 0.354. The summed E-state index contributed by atoms with van der Waals surface area (Å²) in [5, 5.41) is 8.83. The molecule has 0 aromatic carbocycles. The van der Waals surface area contributed by atoms with Gasteiger partial charge in [0.25, 0.3) is 0 Å². The molecule has 4 bridgehead atoms. The molecule has 0 aromatic rings. The van der Waals surface area contributed by atoms with E-state index >= 15 is 0 Å². The van der Waals surface area contributed by atoms with Crippen LogP contribution >= 0.6 is 0 Å². The van der Waals surface area contributed by atoms with Crippen molar-refractivity contribution < 1.29 is 9.90 Å². The fourth-order valence-corrected chi connectivity index (χ4v) is 6.42. The van der Waals surface area contributed by atoms with E-state index in [2.05, 4.69) is 19.1 Å². The second kappa shape index (κ2) is 3.86. The number of hydrogen-bond acceptors (Lipinski definition) is 1. The van der Waals surface area contributed by atoms with E-state index in [1.807, 2.05) is 0 Å². The summed E-state index contributed by atoms with van der Waals surface area (Å²) in [6, 6.07) is 0. The number of carboxylic acid groups (broad SMARTS) is 1. The molecule has 2 heteroatoms. The Morgan fingerprint density at radius 1 is 1.26 bits per heavy atom. The van der Waals surface area contributed by atoms with Crippen molar-refractivity contribution in [1.82, 2.24) is 0 Å². The summed E-state index contributed by atoms with van der Waals surface area (Å²) in [5.74, 6) is 4.90. The van der Waals surface area contributed by atoms with Gasteiger partial charge in [-0.15, -0.1) is 0 Å². The van der Waals surface area contributed by atoms with Crippen LogP contribution in [-0.4, -0.2) is 11.1 Å². The Morgan fingerprint density at radius 3 is 2.74 bits per heavy atom. The van der Waals surface area contributed by atoms with Crippen molar-refractivity contribution in [2.75, 3.05) is 0 Å². The SMILES string of the molecule is CC1(CCCC(=O)O)CC2CC1C1C3C=CC(C3)C21. The first-order chi connectivity index (χ1) is 9.08. The normalized spacial score (nSPS) is 52.9. The highest BCUT2D eigenvalue weighted by molar-refractivity contribution is 5.66. The highest BCUT2D eigenvalue weighted by atomic mass is 16.4. The fraction of sp³-hybridized carbons (Fsp3) is 0.824. The third-order valence-corrected chi connectivity index (χ3v) is 6.91. The molecule has 0 spiro atoms. The third-order valence-electron chi connectivity index (χ3n) is 6.91. The van der Waals surface area contributed by atoms with Crippen LogP contribution in [0.2, 0.25) is 0 Å². The summed E-state index contributed by atoms with van der Waals surface area (Å²) in [6.45, 7) is 2.45. The zero-order chi connectivity index (χ0) is 13.2. The number of hydrogen-bond donors (Lipinski definition) is 1. The van der Waals surface area contributed by atoms with Crippen molar-refractivity contribution >= 4 is 5.97 Å². The second-order valence-electron chi connectivity index (χ2n) is 7.81. The molecular formula is C17H24O2. The number of carbonyl (C=O) groups is 1. The van der Waals surface area contributed by atoms with Gasteiger partial charge in [-0.1, -0.05) is 19.1 Å². The van der Waals surface area contributed by atoms with E-state index in [0.29, 0.717) is 11.8 Å². The largest absolute Gasteiger partial charge is 0.481 e. The summed E-state index contributed by atoms with van der Waals surface area (Å²) in [6.07, 6.45) is 11.6.